The first-order valence-electron chi connectivity index (χ1n) is 5.28. The second kappa shape index (κ2) is 5.80. The van der Waals surface area contributed by atoms with Crippen LogP contribution in [0.1, 0.15) is 16.3 Å². The van der Waals surface area contributed by atoms with Gasteiger partial charge in [0, 0.05) is 11.1 Å². The minimum atomic E-state index is 0.643. The highest BCUT2D eigenvalue weighted by Crippen LogP contribution is 2.21. The molecule has 2 rings (SSSR count). The molecule has 5 heteroatoms. The number of hydrogen-bond donors (Lipinski definition) is 0. The lowest BCUT2D eigenvalue weighted by Crippen LogP contribution is -1.93. The maximum absolute atomic E-state index is 8.74. The zero-order valence-corrected chi connectivity index (χ0v) is 11.7. The van der Waals surface area contributed by atoms with Crippen molar-refractivity contribution in [2.45, 2.75) is 6.92 Å². The van der Waals surface area contributed by atoms with E-state index >= 15 is 0 Å². The van der Waals surface area contributed by atoms with Crippen LogP contribution >= 0.6 is 23.1 Å². The van der Waals surface area contributed by atoms with Gasteiger partial charge in [-0.15, -0.1) is 23.1 Å². The quantitative estimate of drug-likeness (QED) is 0.618. The molecular weight excluding hydrogens is 262 g/mol. The Labute approximate surface area is 114 Å². The van der Waals surface area contributed by atoms with Gasteiger partial charge in [0.15, 0.2) is 0 Å². The number of rotatable bonds is 2. The van der Waals surface area contributed by atoms with Crippen molar-refractivity contribution in [1.29, 1.82) is 5.26 Å². The maximum atomic E-state index is 8.74. The van der Waals surface area contributed by atoms with E-state index in [1.54, 1.807) is 35.2 Å². The summed E-state index contributed by atoms with van der Waals surface area (Å²) in [6.07, 6.45) is 1.99. The molecule has 0 atom stereocenters. The number of aliphatic imine (C=N–C) groups is 1. The second-order valence-electron chi connectivity index (χ2n) is 3.57. The van der Waals surface area contributed by atoms with E-state index in [1.807, 2.05) is 30.7 Å². The summed E-state index contributed by atoms with van der Waals surface area (Å²) in [5, 5.41) is 12.6. The Balaban J connectivity index is 2.31. The first-order chi connectivity index (χ1) is 8.72. The van der Waals surface area contributed by atoms with Gasteiger partial charge in [0.1, 0.15) is 10.1 Å². The summed E-state index contributed by atoms with van der Waals surface area (Å²) in [6, 6.07) is 9.31. The number of aryl methyl sites for hydroxylation is 1. The van der Waals surface area contributed by atoms with Gasteiger partial charge in [0.25, 0.3) is 0 Å². The highest BCUT2D eigenvalue weighted by atomic mass is 32.2. The van der Waals surface area contributed by atoms with E-state index in [-0.39, 0.29) is 0 Å². The zero-order chi connectivity index (χ0) is 13.0. The highest BCUT2D eigenvalue weighted by Gasteiger charge is 2.06. The van der Waals surface area contributed by atoms with E-state index in [2.05, 4.69) is 16.0 Å². The van der Waals surface area contributed by atoms with Gasteiger partial charge in [0.05, 0.1) is 17.3 Å². The molecule has 0 unspecified atom stereocenters. The standard InChI is InChI=1S/C13H11N3S2/c1-9-8-18-13(15-9)12(17-2)16-11-5-3-10(7-14)4-6-11/h3-6,8H,1-2H3. The molecule has 0 fully saturated rings. The fraction of sp³-hybridized carbons (Fsp3) is 0.154. The van der Waals surface area contributed by atoms with Gasteiger partial charge in [0.2, 0.25) is 0 Å². The van der Waals surface area contributed by atoms with Crippen LogP contribution in [0.2, 0.25) is 0 Å². The number of hydrogen-bond acceptors (Lipinski definition) is 5. The Morgan fingerprint density at radius 1 is 1.39 bits per heavy atom. The third-order valence-electron chi connectivity index (χ3n) is 2.22. The molecule has 1 heterocycles. The Hall–Kier alpha value is -1.64. The van der Waals surface area contributed by atoms with Crippen LogP contribution in [0.5, 0.6) is 0 Å². The number of nitrogens with zero attached hydrogens (tertiary/aromatic N) is 3. The van der Waals surface area contributed by atoms with E-state index in [1.165, 1.54) is 0 Å². The normalized spacial score (nSPS) is 11.3. The summed E-state index contributed by atoms with van der Waals surface area (Å²) in [5.74, 6) is 0. The van der Waals surface area contributed by atoms with Gasteiger partial charge in [-0.3, -0.25) is 0 Å². The summed E-state index contributed by atoms with van der Waals surface area (Å²) in [7, 11) is 0. The largest absolute Gasteiger partial charge is 0.239 e. The smallest absolute Gasteiger partial charge is 0.148 e. The molecule has 3 nitrogen and oxygen atoms in total. The van der Waals surface area contributed by atoms with Crippen molar-refractivity contribution in [1.82, 2.24) is 4.98 Å². The SMILES string of the molecule is CSC(=Nc1ccc(C#N)cc1)c1nc(C)cs1. The molecule has 0 N–H and O–H groups in total. The van der Waals surface area contributed by atoms with Crippen molar-refractivity contribution in [3.63, 3.8) is 0 Å². The summed E-state index contributed by atoms with van der Waals surface area (Å²) < 4.78 is 0. The van der Waals surface area contributed by atoms with E-state index in [0.717, 1.165) is 21.4 Å². The van der Waals surface area contributed by atoms with Crippen LogP contribution in [-0.4, -0.2) is 16.3 Å². The molecule has 18 heavy (non-hydrogen) atoms. The van der Waals surface area contributed by atoms with Crippen LogP contribution in [0.25, 0.3) is 0 Å². The molecule has 0 aliphatic rings. The lowest BCUT2D eigenvalue weighted by atomic mass is 10.2. The number of thioether (sulfide) groups is 1. The van der Waals surface area contributed by atoms with Crippen LogP contribution in [0.4, 0.5) is 5.69 Å². The third kappa shape index (κ3) is 2.97. The zero-order valence-electron chi connectivity index (χ0n) is 10.0. The number of nitriles is 1. The van der Waals surface area contributed by atoms with Crippen molar-refractivity contribution < 1.29 is 0 Å². The van der Waals surface area contributed by atoms with Crippen molar-refractivity contribution in [3.05, 3.63) is 45.9 Å². The molecule has 2 aromatic rings. The Bertz CT molecular complexity index is 606. The van der Waals surface area contributed by atoms with Gasteiger partial charge < -0.3 is 0 Å². The number of aromatic nitrogens is 1. The minimum Gasteiger partial charge on any atom is -0.239 e. The van der Waals surface area contributed by atoms with E-state index < -0.39 is 0 Å². The predicted molar refractivity (Wildman–Crippen MR) is 77.7 cm³/mol. The van der Waals surface area contributed by atoms with Crippen molar-refractivity contribution >= 4 is 33.8 Å². The fourth-order valence-corrected chi connectivity index (χ4v) is 2.85. The Morgan fingerprint density at radius 3 is 2.61 bits per heavy atom. The van der Waals surface area contributed by atoms with Crippen LogP contribution in [0, 0.1) is 18.3 Å². The first-order valence-corrected chi connectivity index (χ1v) is 7.38. The van der Waals surface area contributed by atoms with Crippen LogP contribution in [-0.2, 0) is 0 Å². The molecule has 1 aromatic heterocycles. The molecule has 1 aromatic carbocycles. The lowest BCUT2D eigenvalue weighted by Gasteiger charge is -1.99. The molecule has 90 valence electrons. The molecule has 0 saturated carbocycles. The number of benzene rings is 1. The average Bonchev–Trinajstić information content (AvgIpc) is 2.83. The summed E-state index contributed by atoms with van der Waals surface area (Å²) in [4.78, 5) is 8.98. The number of thiazole rings is 1. The summed E-state index contributed by atoms with van der Waals surface area (Å²) >= 11 is 3.17. The topological polar surface area (TPSA) is 49.0 Å². The minimum absolute atomic E-state index is 0.643. The molecule has 0 saturated heterocycles. The first kappa shape index (κ1) is 12.8. The van der Waals surface area contributed by atoms with Gasteiger partial charge in [-0.2, -0.15) is 5.26 Å². The molecule has 0 radical (unpaired) electrons. The highest BCUT2D eigenvalue weighted by molar-refractivity contribution is 8.14. The third-order valence-corrected chi connectivity index (χ3v) is 3.99. The van der Waals surface area contributed by atoms with Gasteiger partial charge in [-0.25, -0.2) is 9.98 Å². The molecule has 0 spiro atoms. The Morgan fingerprint density at radius 2 is 2.11 bits per heavy atom. The second-order valence-corrected chi connectivity index (χ2v) is 5.23. The molecule has 0 aliphatic carbocycles. The average molecular weight is 273 g/mol. The van der Waals surface area contributed by atoms with Crippen LogP contribution < -0.4 is 0 Å². The summed E-state index contributed by atoms with van der Waals surface area (Å²) in [5.41, 5.74) is 2.49. The van der Waals surface area contributed by atoms with Gasteiger partial charge in [-0.05, 0) is 37.4 Å². The fourth-order valence-electron chi connectivity index (χ4n) is 1.36. The molecule has 0 bridgehead atoms. The Kier molecular flexibility index (Phi) is 4.13. The van der Waals surface area contributed by atoms with E-state index in [0.29, 0.717) is 5.56 Å². The maximum Gasteiger partial charge on any atom is 0.148 e. The van der Waals surface area contributed by atoms with E-state index in [4.69, 9.17) is 5.26 Å². The van der Waals surface area contributed by atoms with Gasteiger partial charge >= 0.3 is 0 Å². The van der Waals surface area contributed by atoms with Gasteiger partial charge in [-0.1, -0.05) is 0 Å². The predicted octanol–water partition coefficient (Wildman–Crippen LogP) is 3.76. The van der Waals surface area contributed by atoms with E-state index in [9.17, 15) is 0 Å². The monoisotopic (exact) mass is 273 g/mol. The molecule has 0 aliphatic heterocycles. The van der Waals surface area contributed by atoms with Crippen molar-refractivity contribution in [2.75, 3.05) is 6.26 Å². The molecular formula is C13H11N3S2. The van der Waals surface area contributed by atoms with Crippen LogP contribution in [0.3, 0.4) is 0 Å². The van der Waals surface area contributed by atoms with Crippen molar-refractivity contribution in [2.24, 2.45) is 4.99 Å². The summed E-state index contributed by atoms with van der Waals surface area (Å²) in [6.45, 7) is 1.97. The molecule has 0 amide bonds. The van der Waals surface area contributed by atoms with Crippen molar-refractivity contribution in [3.8, 4) is 6.07 Å². The van der Waals surface area contributed by atoms with Crippen LogP contribution in [0.15, 0.2) is 34.6 Å². The lowest BCUT2D eigenvalue weighted by molar-refractivity contribution is 1.25.